The van der Waals surface area contributed by atoms with Gasteiger partial charge in [0.05, 0.1) is 24.9 Å². The lowest BCUT2D eigenvalue weighted by Crippen LogP contribution is -2.59. The summed E-state index contributed by atoms with van der Waals surface area (Å²) >= 11 is 0. The number of ether oxygens (including phenoxy) is 2. The van der Waals surface area contributed by atoms with Crippen molar-refractivity contribution in [1.82, 2.24) is 9.80 Å². The van der Waals surface area contributed by atoms with Gasteiger partial charge in [0.1, 0.15) is 0 Å². The van der Waals surface area contributed by atoms with Gasteiger partial charge >= 0.3 is 0 Å². The largest absolute Gasteiger partial charge is 0.378 e. The van der Waals surface area contributed by atoms with Crippen LogP contribution in [0.4, 0.5) is 0 Å². The topological polar surface area (TPSA) is 24.9 Å². The molecule has 3 aliphatic rings. The van der Waals surface area contributed by atoms with E-state index >= 15 is 0 Å². The van der Waals surface area contributed by atoms with E-state index in [1.807, 2.05) is 0 Å². The van der Waals surface area contributed by atoms with Gasteiger partial charge in [-0.3, -0.25) is 4.90 Å². The molecule has 0 radical (unpaired) electrons. The molecule has 0 amide bonds. The van der Waals surface area contributed by atoms with Gasteiger partial charge in [-0.15, -0.1) is 0 Å². The summed E-state index contributed by atoms with van der Waals surface area (Å²) in [5.41, 5.74) is 0.159. The highest BCUT2D eigenvalue weighted by molar-refractivity contribution is 4.96. The van der Waals surface area contributed by atoms with Crippen LogP contribution in [-0.4, -0.2) is 73.0 Å². The van der Waals surface area contributed by atoms with Crippen LogP contribution in [0.25, 0.3) is 0 Å². The predicted molar refractivity (Wildman–Crippen MR) is 84.6 cm³/mol. The summed E-state index contributed by atoms with van der Waals surface area (Å²) in [4.78, 5) is 5.28. The molecular formula is C17H32N2O2. The van der Waals surface area contributed by atoms with Gasteiger partial charge in [0.2, 0.25) is 0 Å². The van der Waals surface area contributed by atoms with E-state index in [1.165, 1.54) is 38.8 Å². The number of hydrogen-bond acceptors (Lipinski definition) is 4. The van der Waals surface area contributed by atoms with Crippen LogP contribution in [0.5, 0.6) is 0 Å². The zero-order chi connectivity index (χ0) is 14.9. The first-order chi connectivity index (χ1) is 10.1. The fourth-order valence-electron chi connectivity index (χ4n) is 4.31. The Balaban J connectivity index is 1.60. The molecule has 3 aliphatic heterocycles. The third-order valence-corrected chi connectivity index (χ3v) is 5.83. The second-order valence-corrected chi connectivity index (χ2v) is 7.33. The summed E-state index contributed by atoms with van der Waals surface area (Å²) in [6.45, 7) is 13.2. The van der Waals surface area contributed by atoms with Crippen LogP contribution in [0, 0.1) is 0 Å². The van der Waals surface area contributed by atoms with Gasteiger partial charge < -0.3 is 14.4 Å². The van der Waals surface area contributed by atoms with Crippen molar-refractivity contribution in [3.05, 3.63) is 0 Å². The summed E-state index contributed by atoms with van der Waals surface area (Å²) in [5.74, 6) is 0. The van der Waals surface area contributed by atoms with E-state index in [9.17, 15) is 0 Å². The minimum atomic E-state index is 0.159. The molecule has 0 N–H and O–H groups in total. The summed E-state index contributed by atoms with van der Waals surface area (Å²) in [6.07, 6.45) is 4.84. The standard InChI is InChI=1S/C17H32N2O2/c1-4-19(16-12-20-13-16)15-5-10-21-17(11-15)6-8-18(9-7-17)14(2)3/h14-16H,4-13H2,1-3H3. The number of hydrogen-bond donors (Lipinski definition) is 0. The number of nitrogens with zero attached hydrogens (tertiary/aromatic N) is 2. The molecule has 3 saturated heterocycles. The van der Waals surface area contributed by atoms with E-state index in [0.717, 1.165) is 26.4 Å². The van der Waals surface area contributed by atoms with Gasteiger partial charge in [-0.25, -0.2) is 0 Å². The fourth-order valence-corrected chi connectivity index (χ4v) is 4.31. The van der Waals surface area contributed by atoms with Crippen molar-refractivity contribution in [3.8, 4) is 0 Å². The SMILES string of the molecule is CCN(C1COC1)C1CCOC2(CCN(C(C)C)CC2)C1. The predicted octanol–water partition coefficient (Wildman–Crippen LogP) is 2.13. The van der Waals surface area contributed by atoms with E-state index < -0.39 is 0 Å². The first-order valence-corrected chi connectivity index (χ1v) is 8.85. The Kier molecular flexibility index (Phi) is 4.89. The average molecular weight is 296 g/mol. The van der Waals surface area contributed by atoms with Crippen molar-refractivity contribution in [1.29, 1.82) is 0 Å². The lowest BCUT2D eigenvalue weighted by atomic mass is 9.81. The van der Waals surface area contributed by atoms with Crippen LogP contribution in [0.15, 0.2) is 0 Å². The van der Waals surface area contributed by atoms with Crippen molar-refractivity contribution in [3.63, 3.8) is 0 Å². The molecule has 3 rings (SSSR count). The molecule has 0 aromatic heterocycles. The van der Waals surface area contributed by atoms with Gasteiger partial charge in [0, 0.05) is 31.8 Å². The Bertz CT molecular complexity index is 336. The summed E-state index contributed by atoms with van der Waals surface area (Å²) in [6, 6.07) is 2.02. The normalized spacial score (nSPS) is 31.0. The van der Waals surface area contributed by atoms with Crippen LogP contribution in [-0.2, 0) is 9.47 Å². The zero-order valence-corrected chi connectivity index (χ0v) is 14.0. The molecule has 4 heteroatoms. The van der Waals surface area contributed by atoms with E-state index in [1.54, 1.807) is 0 Å². The fraction of sp³-hybridized carbons (Fsp3) is 1.00. The highest BCUT2D eigenvalue weighted by Gasteiger charge is 2.43. The highest BCUT2D eigenvalue weighted by atomic mass is 16.5. The number of likely N-dealkylation sites (tertiary alicyclic amines) is 1. The molecule has 21 heavy (non-hydrogen) atoms. The molecule has 3 fully saturated rings. The maximum atomic E-state index is 6.31. The molecule has 0 saturated carbocycles. The molecule has 1 unspecified atom stereocenters. The first kappa shape index (κ1) is 15.7. The minimum Gasteiger partial charge on any atom is -0.378 e. The number of likely N-dealkylation sites (N-methyl/N-ethyl adjacent to an activating group) is 1. The average Bonchev–Trinajstić information content (AvgIpc) is 2.43. The Hall–Kier alpha value is -0.160. The smallest absolute Gasteiger partial charge is 0.0721 e. The van der Waals surface area contributed by atoms with Crippen LogP contribution >= 0.6 is 0 Å². The molecule has 1 spiro atoms. The first-order valence-electron chi connectivity index (χ1n) is 8.85. The molecule has 0 aromatic rings. The van der Waals surface area contributed by atoms with Gasteiger partial charge in [-0.1, -0.05) is 6.92 Å². The van der Waals surface area contributed by atoms with Crippen LogP contribution in [0.2, 0.25) is 0 Å². The van der Waals surface area contributed by atoms with Crippen molar-refractivity contribution in [2.75, 3.05) is 39.5 Å². The lowest BCUT2D eigenvalue weighted by Gasteiger charge is -2.51. The van der Waals surface area contributed by atoms with Gasteiger partial charge in [0.15, 0.2) is 0 Å². The molecule has 0 aromatic carbocycles. The maximum absolute atomic E-state index is 6.31. The van der Waals surface area contributed by atoms with Crippen LogP contribution < -0.4 is 0 Å². The summed E-state index contributed by atoms with van der Waals surface area (Å²) < 4.78 is 11.7. The Morgan fingerprint density at radius 3 is 2.43 bits per heavy atom. The highest BCUT2D eigenvalue weighted by Crippen LogP contribution is 2.38. The summed E-state index contributed by atoms with van der Waals surface area (Å²) in [5, 5.41) is 0. The van der Waals surface area contributed by atoms with Crippen LogP contribution in [0.3, 0.4) is 0 Å². The maximum Gasteiger partial charge on any atom is 0.0721 e. The number of rotatable bonds is 4. The van der Waals surface area contributed by atoms with Gasteiger partial charge in [0.25, 0.3) is 0 Å². The second-order valence-electron chi connectivity index (χ2n) is 7.33. The molecule has 0 aliphatic carbocycles. The minimum absolute atomic E-state index is 0.159. The molecule has 0 bridgehead atoms. The molecule has 1 atom stereocenters. The van der Waals surface area contributed by atoms with E-state index in [4.69, 9.17) is 9.47 Å². The monoisotopic (exact) mass is 296 g/mol. The molecular weight excluding hydrogens is 264 g/mol. The van der Waals surface area contributed by atoms with Crippen molar-refractivity contribution >= 4 is 0 Å². The van der Waals surface area contributed by atoms with Crippen molar-refractivity contribution in [2.45, 2.75) is 70.2 Å². The quantitative estimate of drug-likeness (QED) is 0.793. The van der Waals surface area contributed by atoms with Gasteiger partial charge in [-0.05, 0) is 46.1 Å². The molecule has 122 valence electrons. The van der Waals surface area contributed by atoms with E-state index in [-0.39, 0.29) is 5.60 Å². The third-order valence-electron chi connectivity index (χ3n) is 5.83. The second kappa shape index (κ2) is 6.53. The van der Waals surface area contributed by atoms with Crippen molar-refractivity contribution < 1.29 is 9.47 Å². The van der Waals surface area contributed by atoms with Crippen molar-refractivity contribution in [2.24, 2.45) is 0 Å². The van der Waals surface area contributed by atoms with E-state index in [0.29, 0.717) is 18.1 Å². The van der Waals surface area contributed by atoms with Gasteiger partial charge in [-0.2, -0.15) is 0 Å². The number of piperidine rings is 1. The third kappa shape index (κ3) is 3.29. The zero-order valence-electron chi connectivity index (χ0n) is 14.0. The lowest BCUT2D eigenvalue weighted by molar-refractivity contribution is -0.154. The Labute approximate surface area is 129 Å². The molecule has 3 heterocycles. The molecule has 4 nitrogen and oxygen atoms in total. The van der Waals surface area contributed by atoms with E-state index in [2.05, 4.69) is 30.6 Å². The van der Waals surface area contributed by atoms with Crippen LogP contribution in [0.1, 0.15) is 46.5 Å². The Morgan fingerprint density at radius 1 is 1.19 bits per heavy atom. The Morgan fingerprint density at radius 2 is 1.90 bits per heavy atom. The summed E-state index contributed by atoms with van der Waals surface area (Å²) in [7, 11) is 0.